The minimum absolute atomic E-state index is 0. The van der Waals surface area contributed by atoms with Gasteiger partial charge in [0.15, 0.2) is 0 Å². The number of quaternary nitrogens is 1. The summed E-state index contributed by atoms with van der Waals surface area (Å²) in [5.74, 6) is -0.182. The quantitative estimate of drug-likeness (QED) is 0.486. The third kappa shape index (κ3) is 5.85. The van der Waals surface area contributed by atoms with Crippen molar-refractivity contribution in [3.05, 3.63) is 0 Å². The van der Waals surface area contributed by atoms with Crippen LogP contribution in [0.1, 0.15) is 12.8 Å². The van der Waals surface area contributed by atoms with Gasteiger partial charge >= 0.3 is 0 Å². The third-order valence-electron chi connectivity index (χ3n) is 2.20. The molecule has 0 spiro atoms. The van der Waals surface area contributed by atoms with E-state index in [1.165, 1.54) is 13.1 Å². The van der Waals surface area contributed by atoms with Crippen molar-refractivity contribution in [1.29, 1.82) is 0 Å². The molecule has 0 unspecified atom stereocenters. The van der Waals surface area contributed by atoms with E-state index in [0.29, 0.717) is 6.42 Å². The zero-order valence-corrected chi connectivity index (χ0v) is 8.59. The van der Waals surface area contributed by atoms with Crippen LogP contribution in [0.15, 0.2) is 0 Å². The summed E-state index contributed by atoms with van der Waals surface area (Å²) in [6, 6.07) is 0. The second-order valence-electron chi connectivity index (χ2n) is 3.28. The lowest BCUT2D eigenvalue weighted by Gasteiger charge is -2.24. The monoisotopic (exact) mass is 207 g/mol. The van der Waals surface area contributed by atoms with E-state index in [2.05, 4.69) is 10.2 Å². The summed E-state index contributed by atoms with van der Waals surface area (Å²) in [5.41, 5.74) is 5.04. The highest BCUT2D eigenvalue weighted by Crippen LogP contribution is 1.94. The van der Waals surface area contributed by atoms with Gasteiger partial charge in [-0.15, -0.1) is 0 Å². The number of nitrogens with two attached hydrogens (primary N) is 2. The van der Waals surface area contributed by atoms with Crippen LogP contribution in [0.25, 0.3) is 0 Å². The van der Waals surface area contributed by atoms with Crippen molar-refractivity contribution in [1.82, 2.24) is 4.90 Å². The van der Waals surface area contributed by atoms with Gasteiger partial charge in [-0.1, -0.05) is 0 Å². The molecular weight excluding hydrogens is 190 g/mol. The number of hydrogen-bond acceptors (Lipinski definition) is 2. The van der Waals surface area contributed by atoms with Crippen LogP contribution in [0.5, 0.6) is 0 Å². The van der Waals surface area contributed by atoms with Gasteiger partial charge in [0.2, 0.25) is 5.91 Å². The maximum Gasteiger partial charge on any atom is 0.217 e. The highest BCUT2D eigenvalue weighted by molar-refractivity contribution is 5.73. The SMILES string of the molecule is NC(=O)CCCN1CC[NH2+]CC1.[Cl-]. The molecule has 0 atom stereocenters. The molecule has 0 aromatic carbocycles. The first kappa shape index (κ1) is 12.7. The molecule has 0 saturated carbocycles. The lowest BCUT2D eigenvalue weighted by Crippen LogP contribution is -3.00. The van der Waals surface area contributed by atoms with Crippen LogP contribution in [0, 0.1) is 0 Å². The van der Waals surface area contributed by atoms with E-state index in [9.17, 15) is 4.79 Å². The van der Waals surface area contributed by atoms with E-state index in [4.69, 9.17) is 5.73 Å². The molecule has 0 radical (unpaired) electrons. The van der Waals surface area contributed by atoms with Crippen LogP contribution in [0.4, 0.5) is 0 Å². The van der Waals surface area contributed by atoms with Gasteiger partial charge in [0, 0.05) is 19.5 Å². The van der Waals surface area contributed by atoms with Crippen LogP contribution in [0.3, 0.4) is 0 Å². The molecule has 1 heterocycles. The molecule has 1 aliphatic heterocycles. The van der Waals surface area contributed by atoms with Crippen LogP contribution >= 0.6 is 0 Å². The zero-order valence-electron chi connectivity index (χ0n) is 7.84. The largest absolute Gasteiger partial charge is 1.00 e. The van der Waals surface area contributed by atoms with E-state index >= 15 is 0 Å². The average molecular weight is 208 g/mol. The molecule has 1 aliphatic rings. The van der Waals surface area contributed by atoms with E-state index in [1.807, 2.05) is 0 Å². The molecular formula is C8H18ClN3O. The van der Waals surface area contributed by atoms with Gasteiger partial charge in [-0.2, -0.15) is 0 Å². The second kappa shape index (κ2) is 7.12. The molecule has 1 rings (SSSR count). The highest BCUT2D eigenvalue weighted by Gasteiger charge is 2.10. The highest BCUT2D eigenvalue weighted by atomic mass is 35.5. The van der Waals surface area contributed by atoms with Gasteiger partial charge in [0.1, 0.15) is 0 Å². The van der Waals surface area contributed by atoms with Crippen molar-refractivity contribution in [2.24, 2.45) is 5.73 Å². The number of halogens is 1. The minimum Gasteiger partial charge on any atom is -1.00 e. The fourth-order valence-electron chi connectivity index (χ4n) is 1.50. The molecule has 1 saturated heterocycles. The van der Waals surface area contributed by atoms with Gasteiger partial charge in [-0.3, -0.25) is 9.69 Å². The summed E-state index contributed by atoms with van der Waals surface area (Å²) in [7, 11) is 0. The summed E-state index contributed by atoms with van der Waals surface area (Å²) in [4.78, 5) is 12.8. The number of rotatable bonds is 4. The van der Waals surface area contributed by atoms with Crippen LogP contribution in [-0.2, 0) is 4.79 Å². The molecule has 1 amide bonds. The average Bonchev–Trinajstić information content (AvgIpc) is 2.05. The molecule has 0 aliphatic carbocycles. The Morgan fingerprint density at radius 3 is 2.54 bits per heavy atom. The lowest BCUT2D eigenvalue weighted by molar-refractivity contribution is -0.663. The fraction of sp³-hybridized carbons (Fsp3) is 0.875. The minimum atomic E-state index is -0.182. The molecule has 0 aromatic heterocycles. The predicted octanol–water partition coefficient (Wildman–Crippen LogP) is -4.87. The second-order valence-corrected chi connectivity index (χ2v) is 3.28. The number of hydrogen-bond donors (Lipinski definition) is 2. The van der Waals surface area contributed by atoms with Crippen molar-refractivity contribution in [3.63, 3.8) is 0 Å². The Balaban J connectivity index is 0.00000144. The maximum absolute atomic E-state index is 10.4. The summed E-state index contributed by atoms with van der Waals surface area (Å²) in [5, 5.41) is 2.32. The fourth-order valence-corrected chi connectivity index (χ4v) is 1.50. The number of nitrogens with zero attached hydrogens (tertiary/aromatic N) is 1. The maximum atomic E-state index is 10.4. The van der Waals surface area contributed by atoms with Gasteiger partial charge in [0.05, 0.1) is 13.1 Å². The first-order valence-corrected chi connectivity index (χ1v) is 4.61. The van der Waals surface area contributed by atoms with E-state index in [1.54, 1.807) is 0 Å². The number of primary amides is 1. The zero-order chi connectivity index (χ0) is 8.81. The molecule has 13 heavy (non-hydrogen) atoms. The Kier molecular flexibility index (Phi) is 6.94. The van der Waals surface area contributed by atoms with Gasteiger partial charge < -0.3 is 23.5 Å². The summed E-state index contributed by atoms with van der Waals surface area (Å²) >= 11 is 0. The third-order valence-corrected chi connectivity index (χ3v) is 2.20. The molecule has 4 nitrogen and oxygen atoms in total. The van der Waals surface area contributed by atoms with E-state index in [-0.39, 0.29) is 18.3 Å². The molecule has 1 fully saturated rings. The molecule has 0 aromatic rings. The lowest BCUT2D eigenvalue weighted by atomic mass is 10.2. The number of piperazine rings is 1. The van der Waals surface area contributed by atoms with Crippen molar-refractivity contribution in [3.8, 4) is 0 Å². The van der Waals surface area contributed by atoms with Crippen molar-refractivity contribution in [2.75, 3.05) is 32.7 Å². The Labute approximate surface area is 85.3 Å². The normalized spacial score (nSPS) is 17.8. The van der Waals surface area contributed by atoms with Crippen molar-refractivity contribution < 1.29 is 22.5 Å². The first-order chi connectivity index (χ1) is 5.79. The van der Waals surface area contributed by atoms with E-state index in [0.717, 1.165) is 26.1 Å². The van der Waals surface area contributed by atoms with Gasteiger partial charge in [0.25, 0.3) is 0 Å². The molecule has 4 N–H and O–H groups in total. The predicted molar refractivity (Wildman–Crippen MR) is 46.5 cm³/mol. The number of carbonyl (C=O) groups excluding carboxylic acids is 1. The van der Waals surface area contributed by atoms with Crippen LogP contribution in [-0.4, -0.2) is 43.5 Å². The molecule has 0 bridgehead atoms. The van der Waals surface area contributed by atoms with Gasteiger partial charge in [-0.05, 0) is 13.0 Å². The topological polar surface area (TPSA) is 62.9 Å². The smallest absolute Gasteiger partial charge is 0.217 e. The van der Waals surface area contributed by atoms with Crippen molar-refractivity contribution >= 4 is 5.91 Å². The molecule has 78 valence electrons. The number of carbonyl (C=O) groups is 1. The first-order valence-electron chi connectivity index (χ1n) is 4.61. The summed E-state index contributed by atoms with van der Waals surface area (Å²) in [6.07, 6.45) is 1.44. The van der Waals surface area contributed by atoms with Gasteiger partial charge in [-0.25, -0.2) is 0 Å². The summed E-state index contributed by atoms with van der Waals surface area (Å²) < 4.78 is 0. The number of amides is 1. The Bertz CT molecular complexity index is 148. The standard InChI is InChI=1S/C8H17N3O.ClH/c9-8(12)2-1-5-11-6-3-10-4-7-11;/h10H,1-7H2,(H2,9,12);1H. The Morgan fingerprint density at radius 2 is 2.00 bits per heavy atom. The van der Waals surface area contributed by atoms with E-state index < -0.39 is 0 Å². The Hall–Kier alpha value is -0.320. The molecule has 5 heteroatoms. The van der Waals surface area contributed by atoms with Crippen LogP contribution in [0.2, 0.25) is 0 Å². The van der Waals surface area contributed by atoms with Crippen LogP contribution < -0.4 is 23.5 Å². The van der Waals surface area contributed by atoms with Crippen molar-refractivity contribution in [2.45, 2.75) is 12.8 Å². The Morgan fingerprint density at radius 1 is 1.38 bits per heavy atom. The summed E-state index contributed by atoms with van der Waals surface area (Å²) in [6.45, 7) is 5.71.